The van der Waals surface area contributed by atoms with Gasteiger partial charge in [-0.2, -0.15) is 8.42 Å². The van der Waals surface area contributed by atoms with Crippen LogP contribution < -0.4 is 0 Å². The summed E-state index contributed by atoms with van der Waals surface area (Å²) in [6.07, 6.45) is 41.6. The average molecular weight is 807 g/mol. The molecule has 1 aromatic rings. The van der Waals surface area contributed by atoms with Crippen molar-refractivity contribution in [3.8, 4) is 0 Å². The molecule has 0 radical (unpaired) electrons. The molecule has 0 aliphatic heterocycles. The Bertz CT molecular complexity index is 983. The zero-order valence-corrected chi connectivity index (χ0v) is 38.1. The van der Waals surface area contributed by atoms with Gasteiger partial charge in [0.1, 0.15) is 0 Å². The van der Waals surface area contributed by atoms with Crippen molar-refractivity contribution in [1.29, 1.82) is 0 Å². The zero-order chi connectivity index (χ0) is 37.1. The number of benzene rings is 1. The Hall–Kier alpha value is -0.276. The minimum atomic E-state index is -4.23. The molecule has 53 heavy (non-hydrogen) atoms. The van der Waals surface area contributed by atoms with Crippen molar-refractivity contribution < 1.29 is 50.7 Å². The van der Waals surface area contributed by atoms with E-state index >= 15 is 0 Å². The fourth-order valence-electron chi connectivity index (χ4n) is 7.16. The van der Waals surface area contributed by atoms with E-state index in [9.17, 15) is 13.0 Å². The summed E-state index contributed by atoms with van der Waals surface area (Å²) in [4.78, 5) is 0.178. The monoisotopic (exact) mass is 807 g/mol. The third-order valence-electron chi connectivity index (χ3n) is 10.1. The molecule has 6 N–H and O–H groups in total. The van der Waals surface area contributed by atoms with E-state index in [0.717, 1.165) is 44.1 Å². The van der Waals surface area contributed by atoms with Gasteiger partial charge in [0.05, 0.1) is 4.90 Å². The van der Waals surface area contributed by atoms with Gasteiger partial charge in [-0.15, -0.1) is 0 Å². The van der Waals surface area contributed by atoms with Gasteiger partial charge in [-0.3, -0.25) is 4.55 Å². The second-order valence-corrected chi connectivity index (χ2v) is 16.9. The van der Waals surface area contributed by atoms with Crippen LogP contribution in [-0.4, -0.2) is 35.1 Å². The van der Waals surface area contributed by atoms with E-state index in [0.29, 0.717) is 0 Å². The minimum absolute atomic E-state index is 0. The maximum Gasteiger partial charge on any atom is 0.294 e. The SMILES string of the molecule is CC(C)O.CCCCCCCCCCCCc1ccc(S(=O)(=O)O)c(CCCCCCCCCCCC)c1CCCCCCCCCCCC.O.O.[Ti]. The van der Waals surface area contributed by atoms with Gasteiger partial charge < -0.3 is 16.1 Å². The number of aliphatic hydroxyl groups excluding tert-OH is 1. The summed E-state index contributed by atoms with van der Waals surface area (Å²) < 4.78 is 35.3. The van der Waals surface area contributed by atoms with Gasteiger partial charge in [-0.1, -0.05) is 200 Å². The van der Waals surface area contributed by atoms with Crippen LogP contribution in [0.5, 0.6) is 0 Å². The van der Waals surface area contributed by atoms with Crippen molar-refractivity contribution in [2.24, 2.45) is 0 Å². The van der Waals surface area contributed by atoms with Gasteiger partial charge in [0.15, 0.2) is 0 Å². The first kappa shape index (κ1) is 59.4. The first-order valence-electron chi connectivity index (χ1n) is 22.0. The Morgan fingerprint density at radius 3 is 0.981 bits per heavy atom. The summed E-state index contributed by atoms with van der Waals surface area (Å²) >= 11 is 0. The summed E-state index contributed by atoms with van der Waals surface area (Å²) in [5.74, 6) is 0. The van der Waals surface area contributed by atoms with Crippen molar-refractivity contribution >= 4 is 10.1 Å². The molecule has 0 aliphatic carbocycles. The Morgan fingerprint density at radius 2 is 0.698 bits per heavy atom. The van der Waals surface area contributed by atoms with E-state index in [4.69, 9.17) is 5.11 Å². The maximum atomic E-state index is 12.5. The largest absolute Gasteiger partial charge is 0.412 e. The summed E-state index contributed by atoms with van der Waals surface area (Å²) in [5.41, 5.74) is 3.52. The second-order valence-electron chi connectivity index (χ2n) is 15.5. The summed E-state index contributed by atoms with van der Waals surface area (Å²) in [6, 6.07) is 3.75. The molecule has 0 atom stereocenters. The fourth-order valence-corrected chi connectivity index (χ4v) is 7.94. The number of unbranched alkanes of at least 4 members (excludes halogenated alkanes) is 27. The third kappa shape index (κ3) is 37.1. The van der Waals surface area contributed by atoms with Crippen LogP contribution in [0.1, 0.15) is 244 Å². The molecule has 316 valence electrons. The number of hydrogen-bond donors (Lipinski definition) is 2. The maximum absolute atomic E-state index is 12.5. The molecule has 1 aromatic carbocycles. The van der Waals surface area contributed by atoms with Crippen molar-refractivity contribution in [3.63, 3.8) is 0 Å². The first-order chi connectivity index (χ1) is 24.2. The standard InChI is InChI=1S/C42H78O3S.C3H8O.2H2O.Ti/c1-4-7-10-13-16-19-22-25-28-31-34-39-37-38-42(46(43,44)45)41(36-33-30-27-24-21-18-15-12-9-6-3)40(39)35-32-29-26-23-20-17-14-11-8-5-2;1-3(2)4;;;/h37-38H,4-36H2,1-3H3,(H,43,44,45);3-4H,1-2H3;2*1H2;. The van der Waals surface area contributed by atoms with Gasteiger partial charge in [0, 0.05) is 27.8 Å². The second kappa shape index (κ2) is 42.9. The van der Waals surface area contributed by atoms with Crippen LogP contribution in [-0.2, 0) is 51.1 Å². The van der Waals surface area contributed by atoms with Crippen LogP contribution >= 0.6 is 0 Å². The van der Waals surface area contributed by atoms with E-state index < -0.39 is 10.1 Å². The summed E-state index contributed by atoms with van der Waals surface area (Å²) in [5, 5.41) is 8.06. The van der Waals surface area contributed by atoms with Gasteiger partial charge in [0.25, 0.3) is 10.1 Å². The molecule has 0 amide bonds. The quantitative estimate of drug-likeness (QED) is 0.0407. The molecule has 0 spiro atoms. The van der Waals surface area contributed by atoms with Gasteiger partial charge in [0.2, 0.25) is 0 Å². The van der Waals surface area contributed by atoms with E-state index in [1.165, 1.54) is 184 Å². The Kier molecular flexibility index (Phi) is 48.0. The number of hydrogen-bond acceptors (Lipinski definition) is 3. The van der Waals surface area contributed by atoms with Crippen molar-refractivity contribution in [1.82, 2.24) is 0 Å². The molecule has 1 rings (SSSR count). The summed E-state index contributed by atoms with van der Waals surface area (Å²) in [6.45, 7) is 10.3. The minimum Gasteiger partial charge on any atom is -0.412 e. The normalized spacial score (nSPS) is 11.0. The summed E-state index contributed by atoms with van der Waals surface area (Å²) in [7, 11) is -4.23. The molecule has 0 heterocycles. The molecular weight excluding hydrogens is 716 g/mol. The Labute approximate surface area is 345 Å². The first-order valence-corrected chi connectivity index (χ1v) is 23.4. The van der Waals surface area contributed by atoms with Gasteiger partial charge in [-0.05, 0) is 75.1 Å². The van der Waals surface area contributed by atoms with E-state index in [-0.39, 0.29) is 43.7 Å². The van der Waals surface area contributed by atoms with Crippen LogP contribution in [0.15, 0.2) is 17.0 Å². The number of rotatable bonds is 34. The third-order valence-corrected chi connectivity index (χ3v) is 11.1. The predicted molar refractivity (Wildman–Crippen MR) is 227 cm³/mol. The molecule has 0 bridgehead atoms. The van der Waals surface area contributed by atoms with Gasteiger partial charge in [-0.25, -0.2) is 0 Å². The number of aliphatic hydroxyl groups is 1. The van der Waals surface area contributed by atoms with E-state index in [1.54, 1.807) is 19.9 Å². The Morgan fingerprint density at radius 1 is 0.453 bits per heavy atom. The molecule has 0 saturated carbocycles. The molecule has 0 aliphatic rings. The van der Waals surface area contributed by atoms with Crippen molar-refractivity contribution in [2.45, 2.75) is 258 Å². The van der Waals surface area contributed by atoms with Crippen LogP contribution in [0.3, 0.4) is 0 Å². The molecule has 0 aromatic heterocycles. The zero-order valence-electron chi connectivity index (χ0n) is 35.7. The molecule has 8 heteroatoms. The van der Waals surface area contributed by atoms with E-state index in [2.05, 4.69) is 20.8 Å². The van der Waals surface area contributed by atoms with Crippen molar-refractivity contribution in [2.75, 3.05) is 0 Å². The van der Waals surface area contributed by atoms with Crippen LogP contribution in [0.2, 0.25) is 0 Å². The smallest absolute Gasteiger partial charge is 0.294 e. The molecule has 6 nitrogen and oxygen atoms in total. The molecular formula is C45H90O6STi. The van der Waals surface area contributed by atoms with Gasteiger partial charge >= 0.3 is 0 Å². The topological polar surface area (TPSA) is 138 Å². The number of aryl methyl sites for hydroxylation is 1. The van der Waals surface area contributed by atoms with Crippen LogP contribution in [0.4, 0.5) is 0 Å². The van der Waals surface area contributed by atoms with Crippen LogP contribution in [0, 0.1) is 0 Å². The average Bonchev–Trinajstić information content (AvgIpc) is 3.07. The molecule has 0 fully saturated rings. The van der Waals surface area contributed by atoms with Crippen LogP contribution in [0.25, 0.3) is 0 Å². The molecule has 0 saturated heterocycles. The Balaban J connectivity index is -0.00000162. The van der Waals surface area contributed by atoms with Crippen molar-refractivity contribution in [3.05, 3.63) is 28.8 Å². The predicted octanol–water partition coefficient (Wildman–Crippen LogP) is 13.1. The fraction of sp³-hybridized carbons (Fsp3) is 0.867. The molecule has 0 unspecified atom stereocenters. The van der Waals surface area contributed by atoms with E-state index in [1.807, 2.05) is 6.07 Å².